The minimum atomic E-state index is -1.48. The molecular formula is C33H24O15. The van der Waals surface area contributed by atoms with E-state index in [1.54, 1.807) is 30.3 Å². The number of carbonyl (C=O) groups excluding carboxylic acids is 1. The molecule has 0 saturated heterocycles. The van der Waals surface area contributed by atoms with E-state index in [4.69, 9.17) is 35.7 Å². The van der Waals surface area contributed by atoms with E-state index in [0.29, 0.717) is 11.1 Å². The second-order valence-corrected chi connectivity index (χ2v) is 9.16. The van der Waals surface area contributed by atoms with Gasteiger partial charge in [0.15, 0.2) is 5.78 Å². The van der Waals surface area contributed by atoms with Gasteiger partial charge in [0.2, 0.25) is 0 Å². The number of phenolic OH excluding ortho intramolecular Hbond substituents is 2. The molecule has 246 valence electrons. The maximum Gasteiger partial charge on any atom is 0.336 e. The summed E-state index contributed by atoms with van der Waals surface area (Å²) in [6, 6.07) is 18.7. The van der Waals surface area contributed by atoms with Gasteiger partial charge in [-0.25, -0.2) is 28.8 Å². The van der Waals surface area contributed by atoms with Crippen molar-refractivity contribution in [2.45, 2.75) is 0 Å². The van der Waals surface area contributed by atoms with Gasteiger partial charge in [-0.1, -0.05) is 30.3 Å². The van der Waals surface area contributed by atoms with Crippen molar-refractivity contribution in [1.29, 1.82) is 0 Å². The summed E-state index contributed by atoms with van der Waals surface area (Å²) in [6.45, 7) is 0. The van der Waals surface area contributed by atoms with Crippen LogP contribution >= 0.6 is 0 Å². The normalized spacial score (nSPS) is 10.0. The number of ketones is 1. The first-order chi connectivity index (χ1) is 22.5. The van der Waals surface area contributed by atoms with Crippen LogP contribution in [0.5, 0.6) is 11.5 Å². The lowest BCUT2D eigenvalue weighted by Crippen LogP contribution is -2.10. The van der Waals surface area contributed by atoms with E-state index in [2.05, 4.69) is 0 Å². The molecule has 4 aromatic carbocycles. The van der Waals surface area contributed by atoms with Crippen molar-refractivity contribution in [3.05, 3.63) is 136 Å². The summed E-state index contributed by atoms with van der Waals surface area (Å²) in [4.78, 5) is 75.3. The lowest BCUT2D eigenvalue weighted by molar-refractivity contribution is 0.0648. The van der Waals surface area contributed by atoms with Gasteiger partial charge in [0.05, 0.1) is 33.4 Å². The molecule has 0 heterocycles. The van der Waals surface area contributed by atoms with Crippen molar-refractivity contribution in [1.82, 2.24) is 0 Å². The number of carboxylic acids is 6. The lowest BCUT2D eigenvalue weighted by Gasteiger charge is -2.02. The van der Waals surface area contributed by atoms with Crippen LogP contribution in [0.15, 0.2) is 91.0 Å². The first-order valence-electron chi connectivity index (χ1n) is 13.0. The Morgan fingerprint density at radius 1 is 0.438 bits per heavy atom. The fourth-order valence-corrected chi connectivity index (χ4v) is 3.62. The van der Waals surface area contributed by atoms with Crippen molar-refractivity contribution < 1.29 is 74.4 Å². The summed E-state index contributed by atoms with van der Waals surface area (Å²) in [5.74, 6) is -8.61. The standard InChI is InChI=1S/C15H12O3.2C9H6O6/c16-13-8-6-12(15(18)10-13)7-9-14(17)11-4-2-1-3-5-11;2*10-7(11)4-1-2-5(8(12)13)6(3-4)9(14)15/h1-10,16,18H;2*1-3H,(H,10,11)(H,12,13)(H,14,15). The Balaban J connectivity index is 0.000000252. The number of carbonyl (C=O) groups is 7. The van der Waals surface area contributed by atoms with Crippen molar-refractivity contribution in [2.75, 3.05) is 0 Å². The molecule has 0 aromatic heterocycles. The molecule has 0 saturated carbocycles. The average molecular weight is 661 g/mol. The number of phenols is 2. The summed E-state index contributed by atoms with van der Waals surface area (Å²) >= 11 is 0. The molecule has 48 heavy (non-hydrogen) atoms. The molecule has 0 amide bonds. The zero-order valence-corrected chi connectivity index (χ0v) is 24.2. The number of aromatic carboxylic acids is 6. The van der Waals surface area contributed by atoms with Crippen LogP contribution in [0.1, 0.15) is 78.1 Å². The summed E-state index contributed by atoms with van der Waals surface area (Å²) < 4.78 is 0. The minimum Gasteiger partial charge on any atom is -0.508 e. The van der Waals surface area contributed by atoms with Crippen molar-refractivity contribution in [3.63, 3.8) is 0 Å². The Hall–Kier alpha value is -7.29. The molecule has 4 aromatic rings. The predicted octanol–water partition coefficient (Wildman–Crippen LogP) is 4.56. The number of rotatable bonds is 9. The van der Waals surface area contributed by atoms with Crippen molar-refractivity contribution in [2.24, 2.45) is 0 Å². The number of allylic oxidation sites excluding steroid dienone is 1. The second-order valence-electron chi connectivity index (χ2n) is 9.16. The zero-order chi connectivity index (χ0) is 36.1. The third-order valence-corrected chi connectivity index (χ3v) is 5.94. The highest BCUT2D eigenvalue weighted by atomic mass is 16.4. The van der Waals surface area contributed by atoms with Gasteiger partial charge in [0.25, 0.3) is 0 Å². The predicted molar refractivity (Wildman–Crippen MR) is 164 cm³/mol. The maximum absolute atomic E-state index is 11.8. The fourth-order valence-electron chi connectivity index (χ4n) is 3.62. The van der Waals surface area contributed by atoms with E-state index < -0.39 is 58.1 Å². The molecular weight excluding hydrogens is 636 g/mol. The van der Waals surface area contributed by atoms with Gasteiger partial charge in [-0.15, -0.1) is 0 Å². The molecule has 0 unspecified atom stereocenters. The quantitative estimate of drug-likeness (QED) is 0.0902. The Labute approximate surface area is 269 Å². The highest BCUT2D eigenvalue weighted by molar-refractivity contribution is 6.07. The van der Waals surface area contributed by atoms with Gasteiger partial charge in [0.1, 0.15) is 11.5 Å². The fraction of sp³-hybridized carbons (Fsp3) is 0. The van der Waals surface area contributed by atoms with Crippen molar-refractivity contribution in [3.8, 4) is 11.5 Å². The Kier molecular flexibility index (Phi) is 12.8. The SMILES string of the molecule is O=C(C=Cc1ccc(O)cc1O)c1ccccc1.O=C(O)c1ccc(C(=O)O)c(C(=O)O)c1.O=C(O)c1ccc(C(=O)O)c(C(=O)O)c1. The summed E-state index contributed by atoms with van der Waals surface area (Å²) in [5.41, 5.74) is -1.41. The molecule has 0 spiro atoms. The largest absolute Gasteiger partial charge is 0.508 e. The topological polar surface area (TPSA) is 281 Å². The number of aromatic hydroxyl groups is 2. The molecule has 8 N–H and O–H groups in total. The van der Waals surface area contributed by atoms with Gasteiger partial charge in [0, 0.05) is 17.2 Å². The number of hydrogen-bond acceptors (Lipinski definition) is 9. The van der Waals surface area contributed by atoms with Gasteiger partial charge >= 0.3 is 35.8 Å². The average Bonchev–Trinajstić information content (AvgIpc) is 3.04. The summed E-state index contributed by atoms with van der Waals surface area (Å²) in [6.07, 6.45) is 2.91. The van der Waals surface area contributed by atoms with Crippen LogP contribution in [-0.4, -0.2) is 82.5 Å². The molecule has 0 aliphatic heterocycles. The van der Waals surface area contributed by atoms with Crippen LogP contribution in [-0.2, 0) is 0 Å². The minimum absolute atomic E-state index is 0.0148. The first-order valence-corrected chi connectivity index (χ1v) is 13.0. The highest BCUT2D eigenvalue weighted by Crippen LogP contribution is 2.23. The summed E-state index contributed by atoms with van der Waals surface area (Å²) in [5, 5.41) is 70.5. The molecule has 0 fully saturated rings. The number of carboxylic acid groups (broad SMARTS) is 6. The second kappa shape index (κ2) is 16.7. The Bertz CT molecular complexity index is 1840. The highest BCUT2D eigenvalue weighted by Gasteiger charge is 2.19. The van der Waals surface area contributed by atoms with Crippen LogP contribution in [0.4, 0.5) is 0 Å². The summed E-state index contributed by atoms with van der Waals surface area (Å²) in [7, 11) is 0. The van der Waals surface area contributed by atoms with Crippen LogP contribution in [0.3, 0.4) is 0 Å². The van der Waals surface area contributed by atoms with Crippen LogP contribution in [0.2, 0.25) is 0 Å². The van der Waals surface area contributed by atoms with E-state index in [1.807, 2.05) is 6.07 Å². The molecule has 15 nitrogen and oxygen atoms in total. The molecule has 0 bridgehead atoms. The smallest absolute Gasteiger partial charge is 0.336 e. The van der Waals surface area contributed by atoms with Crippen LogP contribution < -0.4 is 0 Å². The van der Waals surface area contributed by atoms with Gasteiger partial charge in [-0.05, 0) is 60.7 Å². The number of hydrogen-bond donors (Lipinski definition) is 8. The molecule has 15 heteroatoms. The van der Waals surface area contributed by atoms with E-state index in [0.717, 1.165) is 36.4 Å². The lowest BCUT2D eigenvalue weighted by atomic mass is 10.0. The zero-order valence-electron chi connectivity index (χ0n) is 24.2. The first kappa shape index (κ1) is 36.9. The van der Waals surface area contributed by atoms with E-state index in [9.17, 15) is 38.7 Å². The third kappa shape index (κ3) is 10.4. The molecule has 0 aliphatic rings. The van der Waals surface area contributed by atoms with E-state index >= 15 is 0 Å². The van der Waals surface area contributed by atoms with Gasteiger partial charge in [-0.3, -0.25) is 4.79 Å². The Morgan fingerprint density at radius 2 is 0.875 bits per heavy atom. The Morgan fingerprint density at radius 3 is 1.25 bits per heavy atom. The van der Waals surface area contributed by atoms with Crippen LogP contribution in [0.25, 0.3) is 6.08 Å². The van der Waals surface area contributed by atoms with Crippen LogP contribution in [0, 0.1) is 0 Å². The van der Waals surface area contributed by atoms with Gasteiger partial charge < -0.3 is 40.9 Å². The molecule has 0 atom stereocenters. The molecule has 0 radical (unpaired) electrons. The van der Waals surface area contributed by atoms with E-state index in [-0.39, 0.29) is 28.4 Å². The van der Waals surface area contributed by atoms with Gasteiger partial charge in [-0.2, -0.15) is 0 Å². The van der Waals surface area contributed by atoms with E-state index in [1.165, 1.54) is 24.3 Å². The third-order valence-electron chi connectivity index (χ3n) is 5.94. The number of benzene rings is 4. The molecule has 4 rings (SSSR count). The molecule has 0 aliphatic carbocycles. The maximum atomic E-state index is 11.8. The monoisotopic (exact) mass is 660 g/mol. The van der Waals surface area contributed by atoms with Crippen molar-refractivity contribution >= 4 is 47.7 Å².